The molecular weight excluding hydrogens is 323 g/mol. The second kappa shape index (κ2) is 7.68. The van der Waals surface area contributed by atoms with E-state index in [-0.39, 0.29) is 11.5 Å². The van der Waals surface area contributed by atoms with Crippen LogP contribution in [0.25, 0.3) is 0 Å². The number of amides is 1. The van der Waals surface area contributed by atoms with Crippen molar-refractivity contribution in [1.29, 1.82) is 0 Å². The fourth-order valence-electron chi connectivity index (χ4n) is 3.03. The van der Waals surface area contributed by atoms with Crippen LogP contribution in [0.4, 0.5) is 13.2 Å². The average molecular weight is 343 g/mol. The van der Waals surface area contributed by atoms with Gasteiger partial charge in [0.1, 0.15) is 6.04 Å². The number of alkyl halides is 3. The van der Waals surface area contributed by atoms with E-state index in [1.54, 1.807) is 0 Å². The maximum atomic E-state index is 12.8. The molecule has 24 heavy (non-hydrogen) atoms. The topological polar surface area (TPSA) is 55.4 Å². The first-order valence-corrected chi connectivity index (χ1v) is 7.89. The van der Waals surface area contributed by atoms with Gasteiger partial charge in [0, 0.05) is 5.56 Å². The van der Waals surface area contributed by atoms with E-state index in [2.05, 4.69) is 5.32 Å². The van der Waals surface area contributed by atoms with E-state index in [1.165, 1.54) is 19.2 Å². The van der Waals surface area contributed by atoms with Crippen molar-refractivity contribution in [3.8, 4) is 0 Å². The molecule has 0 bridgehead atoms. The van der Waals surface area contributed by atoms with Crippen molar-refractivity contribution in [2.75, 3.05) is 7.11 Å². The zero-order chi connectivity index (χ0) is 17.7. The summed E-state index contributed by atoms with van der Waals surface area (Å²) < 4.78 is 43.0. The third kappa shape index (κ3) is 4.49. The Morgan fingerprint density at radius 2 is 1.88 bits per heavy atom. The van der Waals surface area contributed by atoms with Crippen molar-refractivity contribution < 1.29 is 27.5 Å². The molecule has 1 saturated carbocycles. The molecule has 1 aliphatic rings. The molecule has 0 spiro atoms. The predicted molar refractivity (Wildman–Crippen MR) is 81.3 cm³/mol. The monoisotopic (exact) mass is 343 g/mol. The van der Waals surface area contributed by atoms with Crippen LogP contribution in [0.1, 0.15) is 48.0 Å². The van der Waals surface area contributed by atoms with Crippen LogP contribution in [0, 0.1) is 5.92 Å². The highest BCUT2D eigenvalue weighted by molar-refractivity contribution is 5.97. The van der Waals surface area contributed by atoms with Gasteiger partial charge in [0.2, 0.25) is 0 Å². The lowest BCUT2D eigenvalue weighted by atomic mass is 9.83. The van der Waals surface area contributed by atoms with Crippen molar-refractivity contribution in [2.24, 2.45) is 5.92 Å². The van der Waals surface area contributed by atoms with Gasteiger partial charge in [-0.05, 0) is 37.0 Å². The summed E-state index contributed by atoms with van der Waals surface area (Å²) in [4.78, 5) is 24.3. The van der Waals surface area contributed by atoms with Crippen molar-refractivity contribution in [1.82, 2.24) is 5.32 Å². The minimum atomic E-state index is -4.53. The molecule has 1 aromatic carbocycles. The van der Waals surface area contributed by atoms with Crippen LogP contribution in [0.15, 0.2) is 24.3 Å². The summed E-state index contributed by atoms with van der Waals surface area (Å²) in [5.74, 6) is -1.33. The lowest BCUT2D eigenvalue weighted by Gasteiger charge is -2.29. The molecule has 0 unspecified atom stereocenters. The average Bonchev–Trinajstić information content (AvgIpc) is 2.59. The SMILES string of the molecule is COC(=O)[C@H](NC(=O)c1cccc(C(F)(F)F)c1)C1CCCCC1. The highest BCUT2D eigenvalue weighted by atomic mass is 19.4. The Morgan fingerprint density at radius 3 is 2.46 bits per heavy atom. The van der Waals surface area contributed by atoms with Gasteiger partial charge in [-0.15, -0.1) is 0 Å². The quantitative estimate of drug-likeness (QED) is 0.851. The summed E-state index contributed by atoms with van der Waals surface area (Å²) >= 11 is 0. The van der Waals surface area contributed by atoms with Crippen LogP contribution < -0.4 is 5.32 Å². The molecule has 0 aromatic heterocycles. The van der Waals surface area contributed by atoms with E-state index in [0.29, 0.717) is 0 Å². The first-order valence-electron chi connectivity index (χ1n) is 7.89. The number of rotatable bonds is 4. The first kappa shape index (κ1) is 18.3. The van der Waals surface area contributed by atoms with E-state index < -0.39 is 29.7 Å². The number of hydrogen-bond donors (Lipinski definition) is 1. The van der Waals surface area contributed by atoms with Gasteiger partial charge in [0.15, 0.2) is 0 Å². The number of carbonyl (C=O) groups excluding carboxylic acids is 2. The van der Waals surface area contributed by atoms with Crippen LogP contribution in [0.2, 0.25) is 0 Å². The summed E-state index contributed by atoms with van der Waals surface area (Å²) in [5.41, 5.74) is -1.03. The molecule has 0 saturated heterocycles. The number of carbonyl (C=O) groups is 2. The smallest absolute Gasteiger partial charge is 0.416 e. The summed E-state index contributed by atoms with van der Waals surface area (Å²) in [6.45, 7) is 0. The van der Waals surface area contributed by atoms with Gasteiger partial charge in [-0.25, -0.2) is 4.79 Å². The Morgan fingerprint density at radius 1 is 1.21 bits per heavy atom. The van der Waals surface area contributed by atoms with Crippen LogP contribution in [0.5, 0.6) is 0 Å². The Hall–Kier alpha value is -2.05. The number of esters is 1. The largest absolute Gasteiger partial charge is 0.467 e. The minimum absolute atomic E-state index is 0.0547. The highest BCUT2D eigenvalue weighted by Crippen LogP contribution is 2.30. The molecule has 1 aromatic rings. The molecule has 132 valence electrons. The Labute approximate surface area is 138 Å². The molecule has 2 rings (SSSR count). The normalized spacial score (nSPS) is 17.2. The molecule has 0 aliphatic heterocycles. The predicted octanol–water partition coefficient (Wildman–Crippen LogP) is 3.56. The van der Waals surface area contributed by atoms with E-state index in [9.17, 15) is 22.8 Å². The third-order valence-electron chi connectivity index (χ3n) is 4.32. The Bertz CT molecular complexity index is 595. The molecule has 1 amide bonds. The molecule has 1 aliphatic carbocycles. The minimum Gasteiger partial charge on any atom is -0.467 e. The molecule has 1 N–H and O–H groups in total. The number of halogens is 3. The number of ether oxygens (including phenoxy) is 1. The van der Waals surface area contributed by atoms with Crippen molar-refractivity contribution in [3.05, 3.63) is 35.4 Å². The van der Waals surface area contributed by atoms with Crippen LogP contribution in [-0.4, -0.2) is 25.0 Å². The van der Waals surface area contributed by atoms with Gasteiger partial charge in [0.05, 0.1) is 12.7 Å². The van der Waals surface area contributed by atoms with E-state index >= 15 is 0 Å². The highest BCUT2D eigenvalue weighted by Gasteiger charge is 2.33. The number of hydrogen-bond acceptors (Lipinski definition) is 3. The third-order valence-corrected chi connectivity index (χ3v) is 4.32. The van der Waals surface area contributed by atoms with E-state index in [0.717, 1.165) is 44.2 Å². The number of nitrogens with one attached hydrogen (secondary N) is 1. The molecule has 7 heteroatoms. The molecular formula is C17H20F3NO3. The number of benzene rings is 1. The van der Waals surface area contributed by atoms with Crippen LogP contribution >= 0.6 is 0 Å². The fourth-order valence-corrected chi connectivity index (χ4v) is 3.03. The summed E-state index contributed by atoms with van der Waals surface area (Å²) in [6.07, 6.45) is 0.0217. The van der Waals surface area contributed by atoms with Gasteiger partial charge >= 0.3 is 12.1 Å². The maximum absolute atomic E-state index is 12.8. The van der Waals surface area contributed by atoms with Crippen LogP contribution in [0.3, 0.4) is 0 Å². The molecule has 1 fully saturated rings. The van der Waals surface area contributed by atoms with Crippen molar-refractivity contribution in [2.45, 2.75) is 44.3 Å². The molecule has 0 heterocycles. The van der Waals surface area contributed by atoms with Gasteiger partial charge in [-0.1, -0.05) is 25.3 Å². The van der Waals surface area contributed by atoms with Crippen molar-refractivity contribution >= 4 is 11.9 Å². The summed E-state index contributed by atoms with van der Waals surface area (Å²) in [7, 11) is 1.23. The first-order chi connectivity index (χ1) is 11.3. The van der Waals surface area contributed by atoms with Gasteiger partial charge in [0.25, 0.3) is 5.91 Å². The standard InChI is InChI=1S/C17H20F3NO3/c1-24-16(23)14(11-6-3-2-4-7-11)21-15(22)12-8-5-9-13(10-12)17(18,19)20/h5,8-11,14H,2-4,6-7H2,1H3,(H,21,22)/t14-/m1/s1. The Balaban J connectivity index is 2.16. The lowest BCUT2D eigenvalue weighted by Crippen LogP contribution is -2.47. The number of methoxy groups -OCH3 is 1. The zero-order valence-electron chi connectivity index (χ0n) is 13.4. The van der Waals surface area contributed by atoms with Gasteiger partial charge in [-0.2, -0.15) is 13.2 Å². The van der Waals surface area contributed by atoms with Gasteiger partial charge < -0.3 is 10.1 Å². The fraction of sp³-hybridized carbons (Fsp3) is 0.529. The molecule has 0 radical (unpaired) electrons. The molecule has 4 nitrogen and oxygen atoms in total. The zero-order valence-corrected chi connectivity index (χ0v) is 13.4. The van der Waals surface area contributed by atoms with Crippen LogP contribution in [-0.2, 0) is 15.7 Å². The maximum Gasteiger partial charge on any atom is 0.416 e. The van der Waals surface area contributed by atoms with E-state index in [4.69, 9.17) is 4.74 Å². The summed E-state index contributed by atoms with van der Waals surface area (Å²) in [6, 6.07) is 3.31. The lowest BCUT2D eigenvalue weighted by molar-refractivity contribution is -0.144. The second-order valence-electron chi connectivity index (χ2n) is 5.95. The second-order valence-corrected chi connectivity index (χ2v) is 5.95. The van der Waals surface area contributed by atoms with Gasteiger partial charge in [-0.3, -0.25) is 4.79 Å². The summed E-state index contributed by atoms with van der Waals surface area (Å²) in [5, 5.41) is 2.55. The Kier molecular flexibility index (Phi) is 5.85. The van der Waals surface area contributed by atoms with E-state index in [1.807, 2.05) is 0 Å². The van der Waals surface area contributed by atoms with Crippen molar-refractivity contribution in [3.63, 3.8) is 0 Å². The molecule has 1 atom stereocenters.